The van der Waals surface area contributed by atoms with Gasteiger partial charge in [0, 0.05) is 11.3 Å². The van der Waals surface area contributed by atoms with Crippen molar-refractivity contribution in [1.82, 2.24) is 5.32 Å². The van der Waals surface area contributed by atoms with Crippen LogP contribution >= 0.6 is 12.2 Å². The molecule has 29 heavy (non-hydrogen) atoms. The lowest BCUT2D eigenvalue weighted by atomic mass is 10.2. The Morgan fingerprint density at radius 2 is 1.55 bits per heavy atom. The van der Waals surface area contributed by atoms with Gasteiger partial charge in [-0.15, -0.1) is 4.40 Å². The third-order valence-electron chi connectivity index (χ3n) is 4.09. The van der Waals surface area contributed by atoms with Crippen molar-refractivity contribution in [2.75, 3.05) is 5.32 Å². The zero-order chi connectivity index (χ0) is 20.9. The number of nitrogens with one attached hydrogen (secondary N) is 2. The van der Waals surface area contributed by atoms with Crippen molar-refractivity contribution in [3.05, 3.63) is 95.6 Å². The van der Waals surface area contributed by atoms with E-state index >= 15 is 0 Å². The van der Waals surface area contributed by atoms with Gasteiger partial charge in [0.05, 0.1) is 4.90 Å². The molecule has 0 aliphatic carbocycles. The van der Waals surface area contributed by atoms with Gasteiger partial charge < -0.3 is 10.6 Å². The molecule has 0 spiro atoms. The third-order valence-corrected chi connectivity index (χ3v) is 5.58. The van der Waals surface area contributed by atoms with Crippen LogP contribution in [0.15, 0.2) is 88.2 Å². The molecule has 0 amide bonds. The van der Waals surface area contributed by atoms with E-state index in [0.29, 0.717) is 5.56 Å². The van der Waals surface area contributed by atoms with Gasteiger partial charge in [-0.05, 0) is 55.9 Å². The molecule has 0 bridgehead atoms. The molecule has 0 radical (unpaired) electrons. The monoisotopic (exact) mass is 423 g/mol. The lowest BCUT2D eigenvalue weighted by molar-refractivity contribution is 0.598. The maximum absolute atomic E-state index is 12.8. The highest BCUT2D eigenvalue weighted by molar-refractivity contribution is 7.90. The van der Waals surface area contributed by atoms with Gasteiger partial charge in [0.25, 0.3) is 10.0 Å². The molecule has 0 aliphatic rings. The van der Waals surface area contributed by atoms with Crippen LogP contribution in [0.3, 0.4) is 0 Å². The number of anilines is 1. The summed E-state index contributed by atoms with van der Waals surface area (Å²) in [5.74, 6) is 0.149. The fourth-order valence-corrected chi connectivity index (χ4v) is 3.81. The topological polar surface area (TPSA) is 70.6 Å². The number of hydrogen-bond acceptors (Lipinski definition) is 3. The van der Waals surface area contributed by atoms with E-state index in [1.165, 1.54) is 0 Å². The van der Waals surface area contributed by atoms with E-state index in [1.54, 1.807) is 36.4 Å². The van der Waals surface area contributed by atoms with Gasteiger partial charge in [-0.25, -0.2) is 0 Å². The number of rotatable bonds is 4. The number of amidine groups is 1. The van der Waals surface area contributed by atoms with Crippen molar-refractivity contribution in [2.45, 2.75) is 18.7 Å². The Bertz CT molecular complexity index is 1140. The summed E-state index contributed by atoms with van der Waals surface area (Å²) >= 11 is 5.38. The van der Waals surface area contributed by atoms with Crippen molar-refractivity contribution in [2.24, 2.45) is 4.40 Å². The fraction of sp³-hybridized carbons (Fsp3) is 0.0909. The average Bonchev–Trinajstić information content (AvgIpc) is 2.68. The second-order valence-corrected chi connectivity index (χ2v) is 8.56. The van der Waals surface area contributed by atoms with E-state index < -0.39 is 10.0 Å². The molecular weight excluding hydrogens is 402 g/mol. The average molecular weight is 424 g/mol. The Hall–Kier alpha value is -3.03. The maximum atomic E-state index is 12.8. The maximum Gasteiger partial charge on any atom is 0.284 e. The third kappa shape index (κ3) is 5.73. The summed E-state index contributed by atoms with van der Waals surface area (Å²) in [6.45, 7) is 3.87. The van der Waals surface area contributed by atoms with Gasteiger partial charge in [-0.1, -0.05) is 60.2 Å². The van der Waals surface area contributed by atoms with Gasteiger partial charge >= 0.3 is 0 Å². The highest BCUT2D eigenvalue weighted by Crippen LogP contribution is 2.15. The molecule has 5 nitrogen and oxygen atoms in total. The summed E-state index contributed by atoms with van der Waals surface area (Å²) < 4.78 is 29.7. The minimum Gasteiger partial charge on any atom is -0.332 e. The molecule has 3 aromatic rings. The van der Waals surface area contributed by atoms with Crippen molar-refractivity contribution in [1.29, 1.82) is 0 Å². The highest BCUT2D eigenvalue weighted by Gasteiger charge is 2.16. The highest BCUT2D eigenvalue weighted by atomic mass is 32.2. The Morgan fingerprint density at radius 1 is 0.862 bits per heavy atom. The molecule has 0 atom stereocenters. The molecular formula is C22H21N3O2S2. The number of sulfonamides is 1. The number of benzene rings is 3. The van der Waals surface area contributed by atoms with Crippen LogP contribution in [0.1, 0.15) is 16.7 Å². The summed E-state index contributed by atoms with van der Waals surface area (Å²) in [4.78, 5) is 0.121. The van der Waals surface area contributed by atoms with E-state index in [-0.39, 0.29) is 15.8 Å². The first-order valence-corrected chi connectivity index (χ1v) is 10.8. The first kappa shape index (κ1) is 20.7. The summed E-state index contributed by atoms with van der Waals surface area (Å²) in [6.07, 6.45) is 0. The second kappa shape index (κ2) is 8.98. The Labute approximate surface area is 176 Å². The van der Waals surface area contributed by atoms with Crippen molar-refractivity contribution >= 4 is 38.9 Å². The Morgan fingerprint density at radius 3 is 2.21 bits per heavy atom. The zero-order valence-corrected chi connectivity index (χ0v) is 17.7. The molecule has 7 heteroatoms. The molecule has 148 valence electrons. The normalized spacial score (nSPS) is 11.7. The van der Waals surface area contributed by atoms with Crippen molar-refractivity contribution < 1.29 is 8.42 Å². The van der Waals surface area contributed by atoms with Crippen LogP contribution in [-0.4, -0.2) is 19.4 Å². The molecule has 2 N–H and O–H groups in total. The molecule has 0 heterocycles. The fourth-order valence-electron chi connectivity index (χ4n) is 2.62. The summed E-state index contributed by atoms with van der Waals surface area (Å²) in [7, 11) is -3.91. The Balaban J connectivity index is 1.91. The summed E-state index contributed by atoms with van der Waals surface area (Å²) in [5, 5.41) is 6.24. The van der Waals surface area contributed by atoms with Gasteiger partial charge in [0.2, 0.25) is 0 Å². The van der Waals surface area contributed by atoms with Crippen molar-refractivity contribution in [3.63, 3.8) is 0 Å². The molecule has 0 fully saturated rings. The van der Waals surface area contributed by atoms with Crippen LogP contribution in [-0.2, 0) is 10.0 Å². The quantitative estimate of drug-likeness (QED) is 0.369. The standard InChI is InChI=1S/C22H21N3O2S2/c1-16-11-13-20(14-12-16)29(26,27)25-21(18-8-4-3-5-9-18)24-22(28)23-19-10-6-7-17(2)15-19/h3-15H,1-2H3,(H2,23,24,25,28). The predicted octanol–water partition coefficient (Wildman–Crippen LogP) is 4.43. The number of aryl methyl sites for hydroxylation is 2. The largest absolute Gasteiger partial charge is 0.332 e. The van der Waals surface area contributed by atoms with Crippen LogP contribution < -0.4 is 10.6 Å². The lowest BCUT2D eigenvalue weighted by Crippen LogP contribution is -2.35. The molecule has 0 saturated carbocycles. The summed E-state index contributed by atoms with van der Waals surface area (Å²) in [6, 6.07) is 23.3. The van der Waals surface area contributed by atoms with E-state index in [2.05, 4.69) is 15.0 Å². The van der Waals surface area contributed by atoms with Crippen LogP contribution in [0.25, 0.3) is 0 Å². The van der Waals surface area contributed by atoms with E-state index in [0.717, 1.165) is 16.8 Å². The summed E-state index contributed by atoms with van der Waals surface area (Å²) in [5.41, 5.74) is 3.46. The molecule has 0 aromatic heterocycles. The molecule has 3 rings (SSSR count). The first-order valence-electron chi connectivity index (χ1n) is 8.95. The van der Waals surface area contributed by atoms with Gasteiger partial charge in [0.1, 0.15) is 0 Å². The number of nitrogens with zero attached hydrogens (tertiary/aromatic N) is 1. The number of hydrogen-bond donors (Lipinski definition) is 2. The van der Waals surface area contributed by atoms with Gasteiger partial charge in [-0.2, -0.15) is 8.42 Å². The second-order valence-electron chi connectivity index (χ2n) is 6.54. The predicted molar refractivity (Wildman–Crippen MR) is 122 cm³/mol. The van der Waals surface area contributed by atoms with E-state index in [1.807, 2.05) is 56.3 Å². The van der Waals surface area contributed by atoms with Gasteiger partial charge in [-0.3, -0.25) is 0 Å². The molecule has 3 aromatic carbocycles. The Kier molecular flexibility index (Phi) is 6.41. The minimum atomic E-state index is -3.91. The SMILES string of the molecule is Cc1ccc(S(=O)(=O)N=C(NC(=S)Nc2cccc(C)c2)c2ccccc2)cc1. The molecule has 0 aliphatic heterocycles. The molecule has 0 saturated heterocycles. The van der Waals surface area contributed by atoms with Gasteiger partial charge in [0.15, 0.2) is 10.9 Å². The van der Waals surface area contributed by atoms with E-state index in [4.69, 9.17) is 12.2 Å². The van der Waals surface area contributed by atoms with Crippen LogP contribution in [0, 0.1) is 13.8 Å². The lowest BCUT2D eigenvalue weighted by Gasteiger charge is -2.13. The van der Waals surface area contributed by atoms with Crippen LogP contribution in [0.5, 0.6) is 0 Å². The van der Waals surface area contributed by atoms with Crippen LogP contribution in [0.4, 0.5) is 5.69 Å². The van der Waals surface area contributed by atoms with Crippen molar-refractivity contribution in [3.8, 4) is 0 Å². The zero-order valence-electron chi connectivity index (χ0n) is 16.1. The van der Waals surface area contributed by atoms with E-state index in [9.17, 15) is 8.42 Å². The number of thiocarbonyl (C=S) groups is 1. The minimum absolute atomic E-state index is 0.121. The van der Waals surface area contributed by atoms with Crippen LogP contribution in [0.2, 0.25) is 0 Å². The first-order chi connectivity index (χ1) is 13.8. The molecule has 0 unspecified atom stereocenters. The smallest absolute Gasteiger partial charge is 0.284 e.